The Morgan fingerprint density at radius 2 is 2.06 bits per heavy atom. The van der Waals surface area contributed by atoms with Crippen LogP contribution in [0.1, 0.15) is 32.1 Å². The van der Waals surface area contributed by atoms with Crippen molar-refractivity contribution in [3.05, 3.63) is 12.2 Å². The van der Waals surface area contributed by atoms with Crippen molar-refractivity contribution in [3.63, 3.8) is 0 Å². The normalized spacial score (nSPS) is 40.4. The summed E-state index contributed by atoms with van der Waals surface area (Å²) in [5.74, 6) is 2.66. The van der Waals surface area contributed by atoms with Crippen LogP contribution >= 0.6 is 0 Å². The fourth-order valence-corrected chi connectivity index (χ4v) is 3.98. The maximum atomic E-state index is 5.88. The van der Waals surface area contributed by atoms with Crippen molar-refractivity contribution in [3.8, 4) is 0 Å². The van der Waals surface area contributed by atoms with Gasteiger partial charge in [-0.05, 0) is 62.9 Å². The van der Waals surface area contributed by atoms with Gasteiger partial charge in [-0.2, -0.15) is 0 Å². The first-order chi connectivity index (χ1) is 7.81. The Morgan fingerprint density at radius 1 is 1.25 bits per heavy atom. The van der Waals surface area contributed by atoms with Crippen molar-refractivity contribution in [1.82, 2.24) is 5.32 Å². The predicted octanol–water partition coefficient (Wildman–Crippen LogP) is 2.36. The van der Waals surface area contributed by atoms with Gasteiger partial charge in [-0.1, -0.05) is 12.2 Å². The molecule has 0 aromatic rings. The third kappa shape index (κ3) is 1.82. The van der Waals surface area contributed by atoms with E-state index in [0.29, 0.717) is 0 Å². The predicted molar refractivity (Wildman–Crippen MR) is 65.3 cm³/mol. The van der Waals surface area contributed by atoms with E-state index >= 15 is 0 Å². The molecule has 1 N–H and O–H groups in total. The van der Waals surface area contributed by atoms with Crippen LogP contribution in [0.4, 0.5) is 0 Å². The lowest BCUT2D eigenvalue weighted by Gasteiger charge is -2.39. The third-order valence-corrected chi connectivity index (χ3v) is 5.00. The van der Waals surface area contributed by atoms with E-state index in [-0.39, 0.29) is 5.60 Å². The highest BCUT2D eigenvalue weighted by Gasteiger charge is 2.42. The van der Waals surface area contributed by atoms with Crippen LogP contribution in [-0.4, -0.2) is 25.8 Å². The van der Waals surface area contributed by atoms with E-state index in [4.69, 9.17) is 4.74 Å². The van der Waals surface area contributed by atoms with Crippen LogP contribution in [0.25, 0.3) is 0 Å². The van der Waals surface area contributed by atoms with Crippen molar-refractivity contribution in [2.24, 2.45) is 17.8 Å². The number of hydrogen-bond donors (Lipinski definition) is 1. The second-order valence-electron chi connectivity index (χ2n) is 5.88. The zero-order valence-corrected chi connectivity index (χ0v) is 10.2. The molecule has 3 aliphatic rings. The molecule has 0 amide bonds. The van der Waals surface area contributed by atoms with Crippen molar-refractivity contribution in [1.29, 1.82) is 0 Å². The minimum Gasteiger partial charge on any atom is -0.378 e. The van der Waals surface area contributed by atoms with Gasteiger partial charge in [-0.25, -0.2) is 0 Å². The Labute approximate surface area is 98.4 Å². The molecule has 16 heavy (non-hydrogen) atoms. The summed E-state index contributed by atoms with van der Waals surface area (Å²) in [7, 11) is 1.91. The average Bonchev–Trinajstić information content (AvgIpc) is 2.92. The smallest absolute Gasteiger partial charge is 0.0705 e. The fraction of sp³-hybridized carbons (Fsp3) is 0.857. The molecular formula is C14H23NO. The van der Waals surface area contributed by atoms with Crippen LogP contribution < -0.4 is 5.32 Å². The molecule has 2 aliphatic carbocycles. The van der Waals surface area contributed by atoms with Crippen LogP contribution in [0, 0.1) is 17.8 Å². The second kappa shape index (κ2) is 4.15. The quantitative estimate of drug-likeness (QED) is 0.739. The van der Waals surface area contributed by atoms with E-state index in [2.05, 4.69) is 17.5 Å². The number of nitrogens with one attached hydrogen (secondary N) is 1. The van der Waals surface area contributed by atoms with Gasteiger partial charge < -0.3 is 10.1 Å². The first-order valence-corrected chi connectivity index (χ1v) is 6.75. The van der Waals surface area contributed by atoms with Crippen molar-refractivity contribution in [2.75, 3.05) is 20.2 Å². The summed E-state index contributed by atoms with van der Waals surface area (Å²) in [4.78, 5) is 0. The molecule has 2 fully saturated rings. The Balaban J connectivity index is 1.66. The van der Waals surface area contributed by atoms with E-state index in [1.54, 1.807) is 0 Å². The average molecular weight is 221 g/mol. The maximum Gasteiger partial charge on any atom is 0.0705 e. The SMILES string of the molecule is COC1(CC2CC3C=CC2C3)CCNCC1. The summed E-state index contributed by atoms with van der Waals surface area (Å²) in [6.45, 7) is 2.26. The lowest BCUT2D eigenvalue weighted by molar-refractivity contribution is -0.0538. The van der Waals surface area contributed by atoms with Gasteiger partial charge in [0.1, 0.15) is 0 Å². The van der Waals surface area contributed by atoms with Gasteiger partial charge in [-0.3, -0.25) is 0 Å². The van der Waals surface area contributed by atoms with Crippen LogP contribution in [0.3, 0.4) is 0 Å². The minimum absolute atomic E-state index is 0.189. The molecule has 2 nitrogen and oxygen atoms in total. The van der Waals surface area contributed by atoms with Crippen LogP contribution in [0.2, 0.25) is 0 Å². The van der Waals surface area contributed by atoms with Gasteiger partial charge >= 0.3 is 0 Å². The molecule has 90 valence electrons. The molecule has 2 bridgehead atoms. The van der Waals surface area contributed by atoms with E-state index in [0.717, 1.165) is 30.8 Å². The first-order valence-electron chi connectivity index (χ1n) is 6.75. The Hall–Kier alpha value is -0.340. The Kier molecular flexibility index (Phi) is 2.80. The van der Waals surface area contributed by atoms with Gasteiger partial charge in [-0.15, -0.1) is 0 Å². The summed E-state index contributed by atoms with van der Waals surface area (Å²) in [5.41, 5.74) is 0.189. The molecule has 0 radical (unpaired) electrons. The maximum absolute atomic E-state index is 5.88. The van der Waals surface area contributed by atoms with Gasteiger partial charge in [0.2, 0.25) is 0 Å². The molecule has 0 aromatic heterocycles. The lowest BCUT2D eigenvalue weighted by Crippen LogP contribution is -2.45. The summed E-state index contributed by atoms with van der Waals surface area (Å²) in [6, 6.07) is 0. The molecule has 3 atom stereocenters. The molecular weight excluding hydrogens is 198 g/mol. The highest BCUT2D eigenvalue weighted by atomic mass is 16.5. The molecule has 3 rings (SSSR count). The van der Waals surface area contributed by atoms with E-state index in [1.807, 2.05) is 7.11 Å². The molecule has 1 heterocycles. The highest BCUT2D eigenvalue weighted by molar-refractivity contribution is 5.11. The largest absolute Gasteiger partial charge is 0.378 e. The van der Waals surface area contributed by atoms with Crippen molar-refractivity contribution in [2.45, 2.75) is 37.7 Å². The first kappa shape index (κ1) is 10.8. The molecule has 0 aromatic carbocycles. The van der Waals surface area contributed by atoms with Gasteiger partial charge in [0.25, 0.3) is 0 Å². The molecule has 1 saturated heterocycles. The number of allylic oxidation sites excluding steroid dienone is 2. The summed E-state index contributed by atoms with van der Waals surface area (Å²) >= 11 is 0. The number of ether oxygens (including phenoxy) is 1. The van der Waals surface area contributed by atoms with Gasteiger partial charge in [0.15, 0.2) is 0 Å². The summed E-state index contributed by atoms with van der Waals surface area (Å²) in [5, 5.41) is 3.44. The number of hydrogen-bond acceptors (Lipinski definition) is 2. The molecule has 0 spiro atoms. The van der Waals surface area contributed by atoms with Crippen molar-refractivity contribution >= 4 is 0 Å². The Bertz CT molecular complexity index is 280. The molecule has 1 saturated carbocycles. The van der Waals surface area contributed by atoms with Crippen LogP contribution in [0.15, 0.2) is 12.2 Å². The Morgan fingerprint density at radius 3 is 2.62 bits per heavy atom. The summed E-state index contributed by atoms with van der Waals surface area (Å²) < 4.78 is 5.88. The monoisotopic (exact) mass is 221 g/mol. The van der Waals surface area contributed by atoms with Crippen LogP contribution in [0.5, 0.6) is 0 Å². The minimum atomic E-state index is 0.189. The number of methoxy groups -OCH3 is 1. The van der Waals surface area contributed by atoms with E-state index < -0.39 is 0 Å². The zero-order chi connectivity index (χ0) is 11.0. The van der Waals surface area contributed by atoms with E-state index in [1.165, 1.54) is 32.1 Å². The topological polar surface area (TPSA) is 21.3 Å². The van der Waals surface area contributed by atoms with Crippen LogP contribution in [-0.2, 0) is 4.74 Å². The van der Waals surface area contributed by atoms with E-state index in [9.17, 15) is 0 Å². The fourth-order valence-electron chi connectivity index (χ4n) is 3.98. The highest BCUT2D eigenvalue weighted by Crippen LogP contribution is 2.48. The standard InChI is InChI=1S/C14H23NO/c1-16-14(4-6-15-7-5-14)10-13-9-11-2-3-12(13)8-11/h2-3,11-13,15H,4-10H2,1H3. The zero-order valence-electron chi connectivity index (χ0n) is 10.2. The number of piperidine rings is 1. The molecule has 2 heteroatoms. The second-order valence-corrected chi connectivity index (χ2v) is 5.88. The van der Waals surface area contributed by atoms with Gasteiger partial charge in [0.05, 0.1) is 5.60 Å². The molecule has 1 aliphatic heterocycles. The van der Waals surface area contributed by atoms with Gasteiger partial charge in [0, 0.05) is 7.11 Å². The lowest BCUT2D eigenvalue weighted by atomic mass is 9.78. The number of rotatable bonds is 3. The third-order valence-electron chi connectivity index (χ3n) is 5.00. The van der Waals surface area contributed by atoms with Crippen molar-refractivity contribution < 1.29 is 4.74 Å². The summed E-state index contributed by atoms with van der Waals surface area (Å²) in [6.07, 6.45) is 11.4. The molecule has 3 unspecified atom stereocenters. The number of fused-ring (bicyclic) bond motifs is 2.